The maximum absolute atomic E-state index is 12.1. The molecule has 0 aliphatic carbocycles. The maximum atomic E-state index is 12.1. The number of benzene rings is 1. The number of rotatable bonds is 2. The van der Waals surface area contributed by atoms with Crippen LogP contribution in [0.15, 0.2) is 30.3 Å². The molecule has 0 bridgehead atoms. The zero-order valence-corrected chi connectivity index (χ0v) is 11.7. The minimum absolute atomic E-state index is 0.00875. The molecule has 1 aliphatic rings. The molecule has 1 heterocycles. The molecule has 0 aromatic heterocycles. The van der Waals surface area contributed by atoms with Crippen LogP contribution in [0.2, 0.25) is 0 Å². The first-order valence-electron chi connectivity index (χ1n) is 6.90. The zero-order valence-electron chi connectivity index (χ0n) is 11.7. The Morgan fingerprint density at radius 2 is 1.84 bits per heavy atom. The summed E-state index contributed by atoms with van der Waals surface area (Å²) < 4.78 is 0. The number of carbonyl (C=O) groups excluding carboxylic acids is 1. The Kier molecular flexibility index (Phi) is 4.43. The van der Waals surface area contributed by atoms with Gasteiger partial charge in [0.15, 0.2) is 0 Å². The molecule has 4 nitrogen and oxygen atoms in total. The van der Waals surface area contributed by atoms with Crippen LogP contribution in [0.4, 0.5) is 4.79 Å². The quantitative estimate of drug-likeness (QED) is 0.853. The van der Waals surface area contributed by atoms with E-state index in [1.807, 2.05) is 35.2 Å². The van der Waals surface area contributed by atoms with Crippen LogP contribution in [0.1, 0.15) is 19.4 Å². The summed E-state index contributed by atoms with van der Waals surface area (Å²) in [6, 6.07) is 10.2. The Labute approximate surface area is 115 Å². The lowest BCUT2D eigenvalue weighted by molar-refractivity contribution is 0.130. The number of urea groups is 1. The third kappa shape index (κ3) is 3.47. The second-order valence-corrected chi connectivity index (χ2v) is 5.58. The molecule has 2 amide bonds. The molecule has 104 valence electrons. The second-order valence-electron chi connectivity index (χ2n) is 5.58. The highest BCUT2D eigenvalue weighted by Crippen LogP contribution is 2.20. The van der Waals surface area contributed by atoms with E-state index >= 15 is 0 Å². The SMILES string of the molecule is CC1CN(C(=O)NCc2ccccc2)CC(C)C1N. The molecular weight excluding hydrogens is 238 g/mol. The Hall–Kier alpha value is -1.55. The van der Waals surface area contributed by atoms with E-state index in [1.165, 1.54) is 0 Å². The zero-order chi connectivity index (χ0) is 13.8. The number of piperidine rings is 1. The molecule has 2 rings (SSSR count). The molecule has 0 radical (unpaired) electrons. The Balaban J connectivity index is 1.87. The number of nitrogens with one attached hydrogen (secondary N) is 1. The van der Waals surface area contributed by atoms with Gasteiger partial charge in [0.2, 0.25) is 0 Å². The number of hydrogen-bond acceptors (Lipinski definition) is 2. The van der Waals surface area contributed by atoms with Crippen LogP contribution >= 0.6 is 0 Å². The first kappa shape index (κ1) is 13.9. The summed E-state index contributed by atoms with van der Waals surface area (Å²) in [5.74, 6) is 0.706. The van der Waals surface area contributed by atoms with Gasteiger partial charge < -0.3 is 16.0 Å². The predicted molar refractivity (Wildman–Crippen MR) is 76.6 cm³/mol. The van der Waals surface area contributed by atoms with Crippen molar-refractivity contribution in [3.05, 3.63) is 35.9 Å². The van der Waals surface area contributed by atoms with E-state index in [9.17, 15) is 4.79 Å². The molecule has 1 aromatic carbocycles. The van der Waals surface area contributed by atoms with Gasteiger partial charge in [0.1, 0.15) is 0 Å². The summed E-state index contributed by atoms with van der Waals surface area (Å²) in [6.07, 6.45) is 0. The van der Waals surface area contributed by atoms with E-state index < -0.39 is 0 Å². The number of nitrogens with zero attached hydrogens (tertiary/aromatic N) is 1. The van der Waals surface area contributed by atoms with Crippen LogP contribution in [0.5, 0.6) is 0 Å². The summed E-state index contributed by atoms with van der Waals surface area (Å²) >= 11 is 0. The fourth-order valence-electron chi connectivity index (χ4n) is 2.63. The van der Waals surface area contributed by atoms with Gasteiger partial charge in [-0.05, 0) is 17.4 Å². The summed E-state index contributed by atoms with van der Waals surface area (Å²) in [6.45, 7) is 6.28. The molecule has 0 spiro atoms. The molecule has 3 N–H and O–H groups in total. The largest absolute Gasteiger partial charge is 0.334 e. The Morgan fingerprint density at radius 3 is 2.42 bits per heavy atom. The van der Waals surface area contributed by atoms with Gasteiger partial charge in [-0.3, -0.25) is 0 Å². The Morgan fingerprint density at radius 1 is 1.26 bits per heavy atom. The van der Waals surface area contributed by atoms with Gasteiger partial charge in [-0.1, -0.05) is 44.2 Å². The standard InChI is InChI=1S/C15H23N3O/c1-11-9-18(10-12(2)14(11)16)15(19)17-8-13-6-4-3-5-7-13/h3-7,11-12,14H,8-10,16H2,1-2H3,(H,17,19). The lowest BCUT2D eigenvalue weighted by Crippen LogP contribution is -2.55. The van der Waals surface area contributed by atoms with E-state index in [0.717, 1.165) is 18.7 Å². The van der Waals surface area contributed by atoms with E-state index in [1.54, 1.807) is 0 Å². The van der Waals surface area contributed by atoms with E-state index in [4.69, 9.17) is 5.73 Å². The third-order valence-corrected chi connectivity index (χ3v) is 3.90. The molecule has 1 aromatic rings. The monoisotopic (exact) mass is 261 g/mol. The molecular formula is C15H23N3O. The summed E-state index contributed by atoms with van der Waals surface area (Å²) in [5, 5.41) is 2.97. The molecule has 2 atom stereocenters. The topological polar surface area (TPSA) is 58.4 Å². The predicted octanol–water partition coefficient (Wildman–Crippen LogP) is 1.81. The van der Waals surface area contributed by atoms with E-state index in [-0.39, 0.29) is 12.1 Å². The first-order valence-corrected chi connectivity index (χ1v) is 6.90. The van der Waals surface area contributed by atoms with Crippen LogP contribution in [0.25, 0.3) is 0 Å². The highest BCUT2D eigenvalue weighted by molar-refractivity contribution is 5.74. The normalized spacial score (nSPS) is 27.1. The number of likely N-dealkylation sites (tertiary alicyclic amines) is 1. The average Bonchev–Trinajstić information content (AvgIpc) is 2.42. The van der Waals surface area contributed by atoms with Gasteiger partial charge in [-0.25, -0.2) is 4.79 Å². The minimum atomic E-state index is 0.00875. The van der Waals surface area contributed by atoms with Crippen LogP contribution in [-0.4, -0.2) is 30.1 Å². The summed E-state index contributed by atoms with van der Waals surface area (Å²) in [7, 11) is 0. The van der Waals surface area contributed by atoms with Crippen molar-refractivity contribution in [2.75, 3.05) is 13.1 Å². The van der Waals surface area contributed by atoms with E-state index in [0.29, 0.717) is 18.4 Å². The van der Waals surface area contributed by atoms with Crippen molar-refractivity contribution in [3.63, 3.8) is 0 Å². The lowest BCUT2D eigenvalue weighted by Gasteiger charge is -2.39. The highest BCUT2D eigenvalue weighted by Gasteiger charge is 2.31. The molecule has 0 saturated carbocycles. The van der Waals surface area contributed by atoms with Crippen molar-refractivity contribution in [1.82, 2.24) is 10.2 Å². The van der Waals surface area contributed by atoms with Gasteiger partial charge >= 0.3 is 6.03 Å². The van der Waals surface area contributed by atoms with Gasteiger partial charge in [-0.15, -0.1) is 0 Å². The smallest absolute Gasteiger partial charge is 0.317 e. The van der Waals surface area contributed by atoms with Crippen molar-refractivity contribution in [2.45, 2.75) is 26.4 Å². The van der Waals surface area contributed by atoms with Crippen LogP contribution in [0, 0.1) is 11.8 Å². The minimum Gasteiger partial charge on any atom is -0.334 e. The summed E-state index contributed by atoms with van der Waals surface area (Å²) in [4.78, 5) is 14.0. The maximum Gasteiger partial charge on any atom is 0.317 e. The summed E-state index contributed by atoms with van der Waals surface area (Å²) in [5.41, 5.74) is 7.21. The lowest BCUT2D eigenvalue weighted by atomic mass is 9.87. The number of hydrogen-bond donors (Lipinski definition) is 2. The molecule has 4 heteroatoms. The highest BCUT2D eigenvalue weighted by atomic mass is 16.2. The van der Waals surface area contributed by atoms with Crippen molar-refractivity contribution in [2.24, 2.45) is 17.6 Å². The second kappa shape index (κ2) is 6.06. The number of carbonyl (C=O) groups is 1. The average molecular weight is 261 g/mol. The Bertz CT molecular complexity index is 409. The first-order chi connectivity index (χ1) is 9.08. The molecule has 2 unspecified atom stereocenters. The number of nitrogens with two attached hydrogens (primary N) is 1. The van der Waals surface area contributed by atoms with Gasteiger partial charge in [0.05, 0.1) is 0 Å². The van der Waals surface area contributed by atoms with Crippen LogP contribution in [-0.2, 0) is 6.54 Å². The van der Waals surface area contributed by atoms with Crippen LogP contribution < -0.4 is 11.1 Å². The molecule has 1 saturated heterocycles. The fourth-order valence-corrected chi connectivity index (χ4v) is 2.63. The van der Waals surface area contributed by atoms with Crippen LogP contribution in [0.3, 0.4) is 0 Å². The van der Waals surface area contributed by atoms with Crippen molar-refractivity contribution < 1.29 is 4.79 Å². The van der Waals surface area contributed by atoms with E-state index in [2.05, 4.69) is 19.2 Å². The van der Waals surface area contributed by atoms with Crippen molar-refractivity contribution in [3.8, 4) is 0 Å². The third-order valence-electron chi connectivity index (χ3n) is 3.90. The molecule has 1 fully saturated rings. The van der Waals surface area contributed by atoms with Gasteiger partial charge in [0, 0.05) is 25.7 Å². The van der Waals surface area contributed by atoms with Crippen molar-refractivity contribution in [1.29, 1.82) is 0 Å². The molecule has 1 aliphatic heterocycles. The van der Waals surface area contributed by atoms with Gasteiger partial charge in [-0.2, -0.15) is 0 Å². The fraction of sp³-hybridized carbons (Fsp3) is 0.533. The van der Waals surface area contributed by atoms with Gasteiger partial charge in [0.25, 0.3) is 0 Å². The molecule has 19 heavy (non-hydrogen) atoms. The number of amides is 2. The van der Waals surface area contributed by atoms with Crippen molar-refractivity contribution >= 4 is 6.03 Å².